The van der Waals surface area contributed by atoms with E-state index < -0.39 is 24.5 Å². The molecule has 0 saturated heterocycles. The minimum atomic E-state index is -2.92. The van der Waals surface area contributed by atoms with Gasteiger partial charge in [-0.05, 0) is 22.0 Å². The number of hydrogen-bond donors (Lipinski definition) is 1. The van der Waals surface area contributed by atoms with E-state index in [0.717, 1.165) is 0 Å². The zero-order valence-electron chi connectivity index (χ0n) is 7.75. The maximum Gasteiger partial charge on any atom is 0.309 e. The smallest absolute Gasteiger partial charge is 0.309 e. The molecule has 0 atom stereocenters. The summed E-state index contributed by atoms with van der Waals surface area (Å²) in [7, 11) is 0. The van der Waals surface area contributed by atoms with Crippen LogP contribution < -0.4 is 0 Å². The van der Waals surface area contributed by atoms with Crippen molar-refractivity contribution in [1.29, 1.82) is 5.26 Å². The number of carbonyl (C=O) groups is 1. The SMILES string of the molecule is N#Cc1c(Br)cc(CC(=O)O)nc1C(F)F. The molecule has 0 saturated carbocycles. The van der Waals surface area contributed by atoms with Crippen LogP contribution in [0.25, 0.3) is 0 Å². The lowest BCUT2D eigenvalue weighted by Crippen LogP contribution is -2.06. The van der Waals surface area contributed by atoms with E-state index in [9.17, 15) is 13.6 Å². The van der Waals surface area contributed by atoms with Crippen molar-refractivity contribution in [2.75, 3.05) is 0 Å². The number of nitrogens with zero attached hydrogens (tertiary/aromatic N) is 2. The molecular weight excluding hydrogens is 286 g/mol. The fourth-order valence-electron chi connectivity index (χ4n) is 1.10. The molecule has 0 amide bonds. The third-order valence-corrected chi connectivity index (χ3v) is 2.33. The first-order valence-electron chi connectivity index (χ1n) is 4.05. The summed E-state index contributed by atoms with van der Waals surface area (Å²) in [5.41, 5.74) is -0.995. The number of rotatable bonds is 3. The van der Waals surface area contributed by atoms with Crippen LogP contribution in [0.3, 0.4) is 0 Å². The van der Waals surface area contributed by atoms with Gasteiger partial charge in [-0.3, -0.25) is 4.79 Å². The molecule has 1 heterocycles. The second kappa shape index (κ2) is 4.99. The van der Waals surface area contributed by atoms with Gasteiger partial charge in [-0.25, -0.2) is 13.8 Å². The molecule has 0 aliphatic carbocycles. The lowest BCUT2D eigenvalue weighted by atomic mass is 10.1. The van der Waals surface area contributed by atoms with Gasteiger partial charge < -0.3 is 5.11 Å². The van der Waals surface area contributed by atoms with Crippen LogP contribution >= 0.6 is 15.9 Å². The van der Waals surface area contributed by atoms with Crippen LogP contribution in [0.2, 0.25) is 0 Å². The standard InChI is InChI=1S/C9H5BrF2N2O2/c10-6-1-4(2-7(15)16)14-8(9(11)12)5(6)3-13/h1,9H,2H2,(H,15,16). The largest absolute Gasteiger partial charge is 0.481 e. The van der Waals surface area contributed by atoms with Gasteiger partial charge in [0.15, 0.2) is 0 Å². The molecule has 0 radical (unpaired) electrons. The van der Waals surface area contributed by atoms with E-state index in [-0.39, 0.29) is 15.7 Å². The van der Waals surface area contributed by atoms with E-state index in [1.165, 1.54) is 6.07 Å². The Bertz CT molecular complexity index is 471. The van der Waals surface area contributed by atoms with Crippen molar-refractivity contribution >= 4 is 21.9 Å². The summed E-state index contributed by atoms with van der Waals surface area (Å²) in [6, 6.07) is 2.84. The minimum absolute atomic E-state index is 0.0197. The molecule has 0 bridgehead atoms. The van der Waals surface area contributed by atoms with Gasteiger partial charge >= 0.3 is 5.97 Å². The topological polar surface area (TPSA) is 74.0 Å². The molecule has 1 N–H and O–H groups in total. The number of halogens is 3. The fraction of sp³-hybridized carbons (Fsp3) is 0.222. The molecule has 0 unspecified atom stereocenters. The number of carboxylic acids is 1. The van der Waals surface area contributed by atoms with Crippen LogP contribution in [0.15, 0.2) is 10.5 Å². The summed E-state index contributed by atoms with van der Waals surface area (Å²) in [6.45, 7) is 0. The number of aromatic nitrogens is 1. The molecule has 0 fully saturated rings. The summed E-state index contributed by atoms with van der Waals surface area (Å²) in [4.78, 5) is 13.9. The van der Waals surface area contributed by atoms with Crippen molar-refractivity contribution in [2.45, 2.75) is 12.8 Å². The van der Waals surface area contributed by atoms with Crippen molar-refractivity contribution in [3.8, 4) is 6.07 Å². The summed E-state index contributed by atoms with van der Waals surface area (Å²) in [5, 5.41) is 17.2. The summed E-state index contributed by atoms with van der Waals surface area (Å²) < 4.78 is 25.2. The van der Waals surface area contributed by atoms with E-state index in [4.69, 9.17) is 10.4 Å². The van der Waals surface area contributed by atoms with Crippen LogP contribution in [0, 0.1) is 11.3 Å². The van der Waals surface area contributed by atoms with Crippen molar-refractivity contribution in [3.63, 3.8) is 0 Å². The molecule has 1 aromatic heterocycles. The molecule has 4 nitrogen and oxygen atoms in total. The van der Waals surface area contributed by atoms with Crippen molar-refractivity contribution in [2.24, 2.45) is 0 Å². The monoisotopic (exact) mass is 290 g/mol. The lowest BCUT2D eigenvalue weighted by Gasteiger charge is -2.06. The molecule has 0 aliphatic rings. The molecule has 1 aromatic rings. The number of nitriles is 1. The van der Waals surface area contributed by atoms with Gasteiger partial charge in [0.05, 0.1) is 17.7 Å². The van der Waals surface area contributed by atoms with Crippen LogP contribution in [-0.4, -0.2) is 16.1 Å². The normalized spacial score (nSPS) is 10.2. The number of alkyl halides is 2. The molecular formula is C9H5BrF2N2O2. The maximum atomic E-state index is 12.5. The van der Waals surface area contributed by atoms with E-state index in [1.54, 1.807) is 6.07 Å². The molecule has 84 valence electrons. The van der Waals surface area contributed by atoms with Crippen molar-refractivity contribution in [3.05, 3.63) is 27.5 Å². The molecule has 0 aliphatic heterocycles. The molecule has 16 heavy (non-hydrogen) atoms. The fourth-order valence-corrected chi connectivity index (χ4v) is 1.65. The van der Waals surface area contributed by atoms with Gasteiger partial charge in [0, 0.05) is 4.47 Å². The van der Waals surface area contributed by atoms with Crippen LogP contribution in [-0.2, 0) is 11.2 Å². The first kappa shape index (κ1) is 12.5. The number of hydrogen-bond acceptors (Lipinski definition) is 3. The molecule has 0 spiro atoms. The molecule has 7 heteroatoms. The number of pyridine rings is 1. The Morgan fingerprint density at radius 3 is 2.75 bits per heavy atom. The zero-order valence-corrected chi connectivity index (χ0v) is 9.33. The predicted molar refractivity (Wildman–Crippen MR) is 52.9 cm³/mol. The summed E-state index contributed by atoms with van der Waals surface area (Å²) in [5.74, 6) is -1.18. The predicted octanol–water partition coefficient (Wildman–Crippen LogP) is 2.28. The first-order chi connectivity index (χ1) is 7.45. The number of aliphatic carboxylic acids is 1. The van der Waals surface area contributed by atoms with E-state index in [1.807, 2.05) is 0 Å². The Morgan fingerprint density at radius 2 is 2.31 bits per heavy atom. The molecule has 0 aromatic carbocycles. The first-order valence-corrected chi connectivity index (χ1v) is 4.84. The Hall–Kier alpha value is -1.55. The summed E-state index contributed by atoms with van der Waals surface area (Å²) in [6.07, 6.45) is -3.39. The Kier molecular flexibility index (Phi) is 3.90. The third kappa shape index (κ3) is 2.73. The highest BCUT2D eigenvalue weighted by Crippen LogP contribution is 2.27. The number of carboxylic acid groups (broad SMARTS) is 1. The van der Waals surface area contributed by atoms with Crippen molar-refractivity contribution in [1.82, 2.24) is 4.98 Å². The van der Waals surface area contributed by atoms with E-state index in [0.29, 0.717) is 0 Å². The van der Waals surface area contributed by atoms with Gasteiger partial charge in [0.2, 0.25) is 0 Å². The Labute approximate surface area is 97.7 Å². The molecule has 1 rings (SSSR count). The minimum Gasteiger partial charge on any atom is -0.481 e. The van der Waals surface area contributed by atoms with Crippen LogP contribution in [0.5, 0.6) is 0 Å². The van der Waals surface area contributed by atoms with Crippen LogP contribution in [0.1, 0.15) is 23.4 Å². The quantitative estimate of drug-likeness (QED) is 0.927. The highest BCUT2D eigenvalue weighted by atomic mass is 79.9. The lowest BCUT2D eigenvalue weighted by molar-refractivity contribution is -0.136. The maximum absolute atomic E-state index is 12.5. The second-order valence-corrected chi connectivity index (χ2v) is 3.69. The highest BCUT2D eigenvalue weighted by molar-refractivity contribution is 9.10. The second-order valence-electron chi connectivity index (χ2n) is 2.84. The Balaban J connectivity index is 3.29. The van der Waals surface area contributed by atoms with Crippen LogP contribution in [0.4, 0.5) is 8.78 Å². The van der Waals surface area contributed by atoms with E-state index in [2.05, 4.69) is 20.9 Å². The third-order valence-electron chi connectivity index (χ3n) is 1.70. The van der Waals surface area contributed by atoms with Gasteiger partial charge in [-0.15, -0.1) is 0 Å². The average Bonchev–Trinajstić information content (AvgIpc) is 2.15. The van der Waals surface area contributed by atoms with Gasteiger partial charge in [0.1, 0.15) is 11.8 Å². The van der Waals surface area contributed by atoms with Gasteiger partial charge in [0.25, 0.3) is 6.43 Å². The van der Waals surface area contributed by atoms with Gasteiger partial charge in [-0.2, -0.15) is 5.26 Å². The Morgan fingerprint density at radius 1 is 1.69 bits per heavy atom. The zero-order chi connectivity index (χ0) is 12.3. The average molecular weight is 291 g/mol. The van der Waals surface area contributed by atoms with E-state index >= 15 is 0 Å². The summed E-state index contributed by atoms with van der Waals surface area (Å²) >= 11 is 2.93. The van der Waals surface area contributed by atoms with Crippen molar-refractivity contribution < 1.29 is 18.7 Å². The highest BCUT2D eigenvalue weighted by Gasteiger charge is 2.19. The van der Waals surface area contributed by atoms with Gasteiger partial charge in [-0.1, -0.05) is 0 Å².